The van der Waals surface area contributed by atoms with Crippen LogP contribution in [0.1, 0.15) is 146 Å². The van der Waals surface area contributed by atoms with Gasteiger partial charge in [-0.15, -0.1) is 70.6 Å². The molecule has 126 heavy (non-hydrogen) atoms. The molecule has 682 valence electrons. The molecule has 13 heterocycles. The number of aromatic nitrogens is 12. The molecule has 0 spiro atoms. The third-order valence-corrected chi connectivity index (χ3v) is 28.7. The van der Waals surface area contributed by atoms with Gasteiger partial charge in [-0.2, -0.15) is 0 Å². The second-order valence-electron chi connectivity index (χ2n) is 32.1. The molecule has 36 nitrogen and oxygen atoms in total. The van der Waals surface area contributed by atoms with E-state index >= 15 is 0 Å². The minimum atomic E-state index is -0.476. The Balaban J connectivity index is 0.000000172. The number of esters is 1. The van der Waals surface area contributed by atoms with E-state index in [4.69, 9.17) is 33.9 Å². The van der Waals surface area contributed by atoms with Gasteiger partial charge in [-0.05, 0) is 110 Å². The Kier molecular flexibility index (Phi) is 35.3. The number of nitrogens with zero attached hydrogens (tertiary/aromatic N) is 19. The number of ketones is 3. The quantitative estimate of drug-likeness (QED) is 0.0422. The molecule has 7 aliphatic heterocycles. The highest BCUT2D eigenvalue weighted by molar-refractivity contribution is 8.15. The maximum Gasteiger partial charge on any atom is 0.410 e. The van der Waals surface area contributed by atoms with Crippen LogP contribution in [0.15, 0.2) is 77.9 Å². The van der Waals surface area contributed by atoms with Crippen molar-refractivity contribution in [1.82, 2.24) is 59.7 Å². The second-order valence-corrected chi connectivity index (χ2v) is 39.8. The van der Waals surface area contributed by atoms with Crippen molar-refractivity contribution < 1.29 is 33.4 Å². The van der Waals surface area contributed by atoms with Gasteiger partial charge in [0.25, 0.3) is 22.2 Å². The van der Waals surface area contributed by atoms with Crippen molar-refractivity contribution in [2.75, 3.05) is 54.2 Å². The molecule has 14 rings (SSSR count). The predicted octanol–water partition coefficient (Wildman–Crippen LogP) is 7.89. The van der Waals surface area contributed by atoms with E-state index in [2.05, 4.69) is 30.0 Å². The maximum atomic E-state index is 12.3. The first-order chi connectivity index (χ1) is 59.3. The van der Waals surface area contributed by atoms with Crippen LogP contribution < -0.4 is 56.4 Å². The normalized spacial score (nSPS) is 14.8. The number of thioether (sulfide) groups is 6. The van der Waals surface area contributed by atoms with Crippen LogP contribution in [0.25, 0.3) is 0 Å². The summed E-state index contributed by atoms with van der Waals surface area (Å²) in [5.74, 6) is 9.80. The number of Topliss-reactive ketones (excluding diaryl/α,β-unsaturated/α-hetero) is 3. The molecule has 1 amide bonds. The van der Waals surface area contributed by atoms with Crippen LogP contribution in [0.3, 0.4) is 0 Å². The van der Waals surface area contributed by atoms with Gasteiger partial charge in [0.1, 0.15) is 67.1 Å². The van der Waals surface area contributed by atoms with Gasteiger partial charge in [0, 0.05) is 196 Å². The molecular formula is C82H109N19O17S8. The molecule has 0 bridgehead atoms. The molecule has 0 unspecified atom stereocenters. The van der Waals surface area contributed by atoms with E-state index in [0.717, 1.165) is 120 Å². The van der Waals surface area contributed by atoms with Crippen molar-refractivity contribution in [3.63, 3.8) is 0 Å². The number of hydrogen-bond acceptors (Lipinski definition) is 31. The molecule has 1 saturated carbocycles. The van der Waals surface area contributed by atoms with Gasteiger partial charge in [0.15, 0.2) is 0 Å². The molecule has 44 heteroatoms. The first kappa shape index (κ1) is 101. The third-order valence-electron chi connectivity index (χ3n) is 21.1. The first-order valence-corrected chi connectivity index (χ1v) is 47.6. The fraction of sp³-hybridized carbons (Fsp3) is 0.573. The smallest absolute Gasteiger partial charge is 0.410 e. The van der Waals surface area contributed by atoms with Crippen LogP contribution in [0.5, 0.6) is 0 Å². The lowest BCUT2D eigenvalue weighted by atomic mass is 9.99. The highest BCUT2D eigenvalue weighted by atomic mass is 32.2. The number of aliphatic imine (C=N–C) groups is 6. The Bertz CT molecular complexity index is 6200. The molecule has 8 aliphatic rings. The summed E-state index contributed by atoms with van der Waals surface area (Å²) < 4.78 is 27.6. The topological polar surface area (TPSA) is 411 Å². The SMILES string of the molecule is CC(=O)CCCSC1=Nc2c(c(=O)n(C)c(=O)n2C)C1.CC(=O)CCSC1=Nc2c(c(=O)n(C)c(=O)n2C)C1.CC(=O)CCSC1=Nc2c(c(=S)n(C)c(=O)n2C)C1.CCOC(=O)CCCSC1=Nc2c(c(=S)n(C)c(=O)n2C)C1.Cn1c2c(c(=O)n(C)c1=O)CC(SCC1CC1)=N2.Cn1c2c(c(=O)n(C)c1=O)CC(SCC1CCN(C(=O)OC(C)(C)C)CC1)=N2. The number of fused-ring (bicyclic) bond motifs is 6. The number of ether oxygens (including phenoxy) is 2. The number of hydrogen-bond donors (Lipinski definition) is 0. The Morgan fingerprint density at radius 3 is 0.905 bits per heavy atom. The summed E-state index contributed by atoms with van der Waals surface area (Å²) in [7, 11) is 19.2. The molecule has 0 atom stereocenters. The molecule has 0 radical (unpaired) electrons. The molecule has 6 aromatic heterocycles. The number of amides is 1. The van der Waals surface area contributed by atoms with Gasteiger partial charge in [-0.1, -0.05) is 24.4 Å². The molecule has 2 fully saturated rings. The highest BCUT2D eigenvalue weighted by Gasteiger charge is 2.33. The molecule has 0 N–H and O–H groups in total. The lowest BCUT2D eigenvalue weighted by molar-refractivity contribution is -0.143. The number of carbonyl (C=O) groups excluding carboxylic acids is 5. The van der Waals surface area contributed by atoms with E-state index in [-0.39, 0.29) is 85.8 Å². The van der Waals surface area contributed by atoms with Crippen LogP contribution in [0, 0.1) is 21.1 Å². The van der Waals surface area contributed by atoms with Crippen molar-refractivity contribution >= 4 is 190 Å². The van der Waals surface area contributed by atoms with E-state index in [1.807, 2.05) is 20.8 Å². The number of rotatable bonds is 19. The highest BCUT2D eigenvalue weighted by Crippen LogP contribution is 2.37. The van der Waals surface area contributed by atoms with Gasteiger partial charge >= 0.3 is 46.2 Å². The fourth-order valence-corrected chi connectivity index (χ4v) is 20.3. The Morgan fingerprint density at radius 2 is 0.619 bits per heavy atom. The lowest BCUT2D eigenvalue weighted by Gasteiger charge is -2.33. The summed E-state index contributed by atoms with van der Waals surface area (Å²) in [5.41, 5.74) is 0.977. The Labute approximate surface area is 761 Å². The van der Waals surface area contributed by atoms with Gasteiger partial charge < -0.3 is 19.2 Å². The van der Waals surface area contributed by atoms with Crippen molar-refractivity contribution in [3.05, 3.63) is 147 Å². The Morgan fingerprint density at radius 1 is 0.357 bits per heavy atom. The van der Waals surface area contributed by atoms with Crippen LogP contribution in [0.2, 0.25) is 0 Å². The molecule has 0 aromatic carbocycles. The first-order valence-electron chi connectivity index (χ1n) is 40.9. The van der Waals surface area contributed by atoms with E-state index < -0.39 is 5.60 Å². The summed E-state index contributed by atoms with van der Waals surface area (Å²) in [6, 6.07) is 0. The van der Waals surface area contributed by atoms with Crippen molar-refractivity contribution in [2.45, 2.75) is 157 Å². The monoisotopic (exact) mass is 1890 g/mol. The fourth-order valence-electron chi connectivity index (χ4n) is 13.7. The van der Waals surface area contributed by atoms with E-state index in [0.29, 0.717) is 162 Å². The van der Waals surface area contributed by atoms with E-state index in [1.54, 1.807) is 148 Å². The number of carbonyl (C=O) groups is 5. The van der Waals surface area contributed by atoms with Crippen LogP contribution >= 0.6 is 95.0 Å². The van der Waals surface area contributed by atoms with E-state index in [9.17, 15) is 71.9 Å². The average Bonchev–Trinajstić information content (AvgIpc) is 1.64. The largest absolute Gasteiger partial charge is 0.466 e. The van der Waals surface area contributed by atoms with Crippen LogP contribution in [0.4, 0.5) is 39.7 Å². The minimum Gasteiger partial charge on any atom is -0.466 e. The van der Waals surface area contributed by atoms with Crippen LogP contribution in [-0.2, 0) is 152 Å². The van der Waals surface area contributed by atoms with E-state index in [1.165, 1.54) is 89.3 Å². The summed E-state index contributed by atoms with van der Waals surface area (Å²) in [5, 5.41) is 5.32. The summed E-state index contributed by atoms with van der Waals surface area (Å²) in [4.78, 5) is 204. The lowest BCUT2D eigenvalue weighted by Crippen LogP contribution is -2.42. The molecular weight excluding hydrogens is 1780 g/mol. The van der Waals surface area contributed by atoms with Gasteiger partial charge in [0.2, 0.25) is 0 Å². The maximum absolute atomic E-state index is 12.3. The zero-order valence-electron chi connectivity index (χ0n) is 74.5. The zero-order valence-corrected chi connectivity index (χ0v) is 81.1. The van der Waals surface area contributed by atoms with Crippen molar-refractivity contribution in [3.8, 4) is 0 Å². The zero-order chi connectivity index (χ0) is 92.9. The predicted molar refractivity (Wildman–Crippen MR) is 510 cm³/mol. The van der Waals surface area contributed by atoms with Gasteiger partial charge in [0.05, 0.1) is 59.1 Å². The second kappa shape index (κ2) is 44.2. The molecule has 1 saturated heterocycles. The molecule has 1 aliphatic carbocycles. The van der Waals surface area contributed by atoms with Crippen molar-refractivity contribution in [1.29, 1.82) is 0 Å². The number of likely N-dealkylation sites (tertiary alicyclic amines) is 1. The minimum absolute atomic E-state index is 0.131. The Hall–Kier alpha value is -9.21. The summed E-state index contributed by atoms with van der Waals surface area (Å²) >= 11 is 20.2. The van der Waals surface area contributed by atoms with Gasteiger partial charge in [-0.25, -0.2) is 63.5 Å². The standard InChI is InChI=1S/C19H28N4O4S.C14H19N3O3S2.C13H17N3O3S.C12H15N3O3S.C12H15N3O2S2.C12H15N3O2S/c1-19(2,3)27-18(26)23-8-6-12(7-9-23)11-28-14-10-13-15(20-14)21(4)17(25)22(5)16(13)24;1-4-20-11(18)6-5-7-22-10-8-9-12(15-10)16(2)14(19)17(3)13(9)21;1-8(17)5-4-6-20-10-7-9-11(14-10)15(2)13(19)16(3)12(9)18;1-7(16)4-5-19-9-6-8-10(13-9)14(2)12(18)15(3)11(8)17;1-7(16)4-5-19-9-6-8-10(13-9)14(2)12(17)15(3)11(8)18;1-14-10-8(11(16)15(2)12(14)17)5-9(13-10)18-6-7-3-4-7/h12H,6-11H2,1-5H3;4-8H2,1-3H3;4-7H2,1-3H3;2*4-6H2,1-3H3;7H,3-6H2,1-2H3. The third kappa shape index (κ3) is 25.0. The molecule has 6 aromatic rings. The van der Waals surface area contributed by atoms with Crippen LogP contribution in [-0.4, -0.2) is 179 Å². The number of piperidine rings is 1. The van der Waals surface area contributed by atoms with Crippen molar-refractivity contribution in [2.24, 2.45) is 126 Å². The summed E-state index contributed by atoms with van der Waals surface area (Å²) in [6.45, 7) is 13.9. The average molecular weight is 1890 g/mol. The summed E-state index contributed by atoms with van der Waals surface area (Å²) in [6.07, 6.45) is 11.0. The van der Waals surface area contributed by atoms with Gasteiger partial charge in [-0.3, -0.25) is 88.4 Å².